The van der Waals surface area contributed by atoms with Gasteiger partial charge in [0, 0.05) is 12.1 Å². The molecule has 0 aliphatic carbocycles. The van der Waals surface area contributed by atoms with Crippen LogP contribution in [0.5, 0.6) is 5.75 Å². The normalized spacial score (nSPS) is 33.1. The van der Waals surface area contributed by atoms with E-state index in [0.717, 1.165) is 31.6 Å². The molecule has 0 spiro atoms. The summed E-state index contributed by atoms with van der Waals surface area (Å²) < 4.78 is 11.2. The van der Waals surface area contributed by atoms with Crippen molar-refractivity contribution < 1.29 is 14.3 Å². The van der Waals surface area contributed by atoms with Gasteiger partial charge in [-0.1, -0.05) is 18.2 Å². The zero-order chi connectivity index (χ0) is 15.3. The molecule has 0 bridgehead atoms. The Kier molecular flexibility index (Phi) is 3.05. The first-order valence-electron chi connectivity index (χ1n) is 8.01. The average Bonchev–Trinajstić information content (AvgIpc) is 2.91. The van der Waals surface area contributed by atoms with Crippen molar-refractivity contribution >= 4 is 5.97 Å². The minimum absolute atomic E-state index is 0.00738. The number of rotatable bonds is 1. The molecule has 0 radical (unpaired) electrons. The fraction of sp³-hybridized carbons (Fsp3) is 0.500. The van der Waals surface area contributed by atoms with Gasteiger partial charge in [0.05, 0.1) is 13.2 Å². The number of fused-ring (bicyclic) bond motifs is 5. The summed E-state index contributed by atoms with van der Waals surface area (Å²) in [5.74, 6) is 0.794. The Hall–Kier alpha value is -1.81. The van der Waals surface area contributed by atoms with Crippen molar-refractivity contribution in [3.05, 3.63) is 41.5 Å². The minimum Gasteiger partial charge on any atom is -0.486 e. The first kappa shape index (κ1) is 13.8. The number of piperidine rings is 1. The lowest BCUT2D eigenvalue weighted by Crippen LogP contribution is -2.54. The van der Waals surface area contributed by atoms with Gasteiger partial charge in [0.15, 0.2) is 0 Å². The number of hydrogen-bond acceptors (Lipinski definition) is 4. The molecular formula is C18H21NO3. The van der Waals surface area contributed by atoms with E-state index >= 15 is 0 Å². The maximum atomic E-state index is 12.6. The zero-order valence-electron chi connectivity index (χ0n) is 13.0. The maximum absolute atomic E-state index is 12.6. The van der Waals surface area contributed by atoms with Crippen LogP contribution in [-0.2, 0) is 9.53 Å². The Balaban J connectivity index is 1.87. The SMILES string of the molecule is COC(=O)[C@]12C=C3[C@H](C)Oc4ccccc4[C@H]3N1CCCC2. The van der Waals surface area contributed by atoms with Crippen molar-refractivity contribution in [2.24, 2.45) is 0 Å². The van der Waals surface area contributed by atoms with E-state index in [1.54, 1.807) is 0 Å². The second kappa shape index (κ2) is 4.85. The highest BCUT2D eigenvalue weighted by atomic mass is 16.5. The maximum Gasteiger partial charge on any atom is 0.330 e. The van der Waals surface area contributed by atoms with Crippen LogP contribution in [-0.4, -0.2) is 36.2 Å². The van der Waals surface area contributed by atoms with Crippen LogP contribution in [0.25, 0.3) is 0 Å². The predicted molar refractivity (Wildman–Crippen MR) is 82.7 cm³/mol. The molecule has 1 aromatic carbocycles. The largest absolute Gasteiger partial charge is 0.486 e. The first-order chi connectivity index (χ1) is 10.7. The fourth-order valence-electron chi connectivity index (χ4n) is 4.28. The molecule has 1 fully saturated rings. The summed E-state index contributed by atoms with van der Waals surface area (Å²) in [6, 6.07) is 8.31. The van der Waals surface area contributed by atoms with Crippen molar-refractivity contribution in [1.82, 2.24) is 4.90 Å². The third-order valence-corrected chi connectivity index (χ3v) is 5.28. The molecule has 4 rings (SSSR count). The van der Waals surface area contributed by atoms with E-state index in [4.69, 9.17) is 9.47 Å². The minimum atomic E-state index is -0.609. The van der Waals surface area contributed by atoms with Crippen molar-refractivity contribution in [2.45, 2.75) is 43.9 Å². The number of para-hydroxylation sites is 1. The molecule has 0 N–H and O–H groups in total. The second-order valence-electron chi connectivity index (χ2n) is 6.41. The van der Waals surface area contributed by atoms with Crippen molar-refractivity contribution in [1.29, 1.82) is 0 Å². The quantitative estimate of drug-likeness (QED) is 0.590. The molecule has 22 heavy (non-hydrogen) atoms. The van der Waals surface area contributed by atoms with Gasteiger partial charge in [-0.3, -0.25) is 4.90 Å². The third-order valence-electron chi connectivity index (χ3n) is 5.28. The van der Waals surface area contributed by atoms with Crippen molar-refractivity contribution in [3.8, 4) is 5.75 Å². The number of ether oxygens (including phenoxy) is 2. The Morgan fingerprint density at radius 3 is 3.00 bits per heavy atom. The zero-order valence-corrected chi connectivity index (χ0v) is 13.0. The molecular weight excluding hydrogens is 278 g/mol. The number of nitrogens with zero attached hydrogens (tertiary/aromatic N) is 1. The van der Waals surface area contributed by atoms with E-state index < -0.39 is 5.54 Å². The van der Waals surface area contributed by atoms with Crippen molar-refractivity contribution in [3.63, 3.8) is 0 Å². The summed E-state index contributed by atoms with van der Waals surface area (Å²) in [4.78, 5) is 14.9. The van der Waals surface area contributed by atoms with Crippen molar-refractivity contribution in [2.75, 3.05) is 13.7 Å². The highest BCUT2D eigenvalue weighted by Crippen LogP contribution is 2.52. The van der Waals surface area contributed by atoms with Gasteiger partial charge in [-0.25, -0.2) is 4.79 Å². The molecule has 0 amide bonds. The summed E-state index contributed by atoms with van der Waals surface area (Å²) in [5, 5.41) is 0. The van der Waals surface area contributed by atoms with E-state index in [1.807, 2.05) is 18.2 Å². The third kappa shape index (κ3) is 1.70. The number of benzene rings is 1. The van der Waals surface area contributed by atoms with Crippen LogP contribution in [0.1, 0.15) is 37.8 Å². The predicted octanol–water partition coefficient (Wildman–Crippen LogP) is 2.85. The molecule has 116 valence electrons. The standard InChI is InChI=1S/C18H21NO3/c1-12-14-11-18(17(20)21-2)9-5-6-10-19(18)16(14)13-7-3-4-8-15(13)22-12/h3-4,7-8,11-12,16H,5-6,9-10H2,1-2H3/t12-,16+,18-/m0/s1. The van der Waals surface area contributed by atoms with Gasteiger partial charge in [-0.2, -0.15) is 0 Å². The van der Waals surface area contributed by atoms with E-state index in [1.165, 1.54) is 18.2 Å². The summed E-state index contributed by atoms with van der Waals surface area (Å²) in [5.41, 5.74) is 1.76. The lowest BCUT2D eigenvalue weighted by molar-refractivity contribution is -0.154. The Labute approximate surface area is 130 Å². The average molecular weight is 299 g/mol. The molecule has 3 heterocycles. The van der Waals surface area contributed by atoms with Gasteiger partial charge in [0.1, 0.15) is 17.4 Å². The number of carbonyl (C=O) groups is 1. The summed E-state index contributed by atoms with van der Waals surface area (Å²) >= 11 is 0. The van der Waals surface area contributed by atoms with Crippen LogP contribution in [0.2, 0.25) is 0 Å². The van der Waals surface area contributed by atoms with E-state index in [-0.39, 0.29) is 18.1 Å². The van der Waals surface area contributed by atoms with Crippen LogP contribution in [0, 0.1) is 0 Å². The molecule has 3 atom stereocenters. The molecule has 4 nitrogen and oxygen atoms in total. The van der Waals surface area contributed by atoms with E-state index in [2.05, 4.69) is 24.0 Å². The van der Waals surface area contributed by atoms with Crippen LogP contribution in [0.15, 0.2) is 35.9 Å². The number of methoxy groups -OCH3 is 1. The number of hydrogen-bond donors (Lipinski definition) is 0. The van der Waals surface area contributed by atoms with E-state index in [0.29, 0.717) is 0 Å². The second-order valence-corrected chi connectivity index (χ2v) is 6.41. The Morgan fingerprint density at radius 1 is 1.36 bits per heavy atom. The Bertz CT molecular complexity index is 653. The Morgan fingerprint density at radius 2 is 2.18 bits per heavy atom. The highest BCUT2D eigenvalue weighted by Gasteiger charge is 2.55. The first-order valence-corrected chi connectivity index (χ1v) is 8.01. The smallest absolute Gasteiger partial charge is 0.330 e. The van der Waals surface area contributed by atoms with Gasteiger partial charge in [-0.15, -0.1) is 0 Å². The van der Waals surface area contributed by atoms with E-state index in [9.17, 15) is 4.79 Å². The molecule has 1 aromatic rings. The number of esters is 1. The molecule has 1 saturated heterocycles. The summed E-state index contributed by atoms with van der Waals surface area (Å²) in [6.07, 6.45) is 5.12. The molecule has 3 aliphatic rings. The van der Waals surface area contributed by atoms with Gasteiger partial charge in [0.2, 0.25) is 0 Å². The monoisotopic (exact) mass is 299 g/mol. The number of carbonyl (C=O) groups excluding carboxylic acids is 1. The van der Waals surface area contributed by atoms with Gasteiger partial charge < -0.3 is 9.47 Å². The molecule has 0 aromatic heterocycles. The van der Waals surface area contributed by atoms with Gasteiger partial charge in [0.25, 0.3) is 0 Å². The van der Waals surface area contributed by atoms with Gasteiger partial charge >= 0.3 is 5.97 Å². The summed E-state index contributed by atoms with van der Waals surface area (Å²) in [6.45, 7) is 2.99. The van der Waals surface area contributed by atoms with Crippen LogP contribution >= 0.6 is 0 Å². The van der Waals surface area contributed by atoms with Gasteiger partial charge in [-0.05, 0) is 43.9 Å². The lowest BCUT2D eigenvalue weighted by atomic mass is 9.88. The van der Waals surface area contributed by atoms with Crippen LogP contribution < -0.4 is 4.74 Å². The lowest BCUT2D eigenvalue weighted by Gasteiger charge is -2.44. The molecule has 3 aliphatic heterocycles. The summed E-state index contributed by atoms with van der Waals surface area (Å²) in [7, 11) is 1.48. The molecule has 4 heteroatoms. The topological polar surface area (TPSA) is 38.8 Å². The fourth-order valence-corrected chi connectivity index (χ4v) is 4.28. The molecule has 0 saturated carbocycles. The van der Waals surface area contributed by atoms with Crippen LogP contribution in [0.4, 0.5) is 0 Å². The van der Waals surface area contributed by atoms with Crippen LogP contribution in [0.3, 0.4) is 0 Å². The molecule has 0 unspecified atom stereocenters. The highest BCUT2D eigenvalue weighted by molar-refractivity contribution is 5.85.